The van der Waals surface area contributed by atoms with Gasteiger partial charge in [0.1, 0.15) is 0 Å². The van der Waals surface area contributed by atoms with Crippen LogP contribution in [0.3, 0.4) is 0 Å². The van der Waals surface area contributed by atoms with Crippen LogP contribution in [-0.4, -0.2) is 23.8 Å². The Morgan fingerprint density at radius 2 is 2.36 bits per heavy atom. The highest BCUT2D eigenvalue weighted by Gasteiger charge is 2.27. The second kappa shape index (κ2) is 6.00. The maximum absolute atomic E-state index is 8.90. The van der Waals surface area contributed by atoms with Crippen molar-refractivity contribution in [2.24, 2.45) is 5.92 Å². The van der Waals surface area contributed by atoms with Crippen molar-refractivity contribution < 1.29 is 5.11 Å². The topological polar surface area (TPSA) is 56.0 Å². The van der Waals surface area contributed by atoms with Crippen LogP contribution in [0.25, 0.3) is 0 Å². The molecule has 1 aliphatic rings. The van der Waals surface area contributed by atoms with E-state index in [9.17, 15) is 0 Å². The third-order valence-corrected chi connectivity index (χ3v) is 2.98. The van der Waals surface area contributed by atoms with Crippen molar-refractivity contribution in [2.45, 2.75) is 51.1 Å². The van der Waals surface area contributed by atoms with E-state index in [0.29, 0.717) is 12.1 Å². The predicted molar refractivity (Wildman–Crippen MR) is 55.7 cm³/mol. The van der Waals surface area contributed by atoms with E-state index in [0.717, 1.165) is 25.7 Å². The Morgan fingerprint density at radius 1 is 1.57 bits per heavy atom. The Labute approximate surface area is 86.1 Å². The molecule has 0 spiro atoms. The molecule has 0 aliphatic heterocycles. The van der Waals surface area contributed by atoms with Crippen molar-refractivity contribution in [2.75, 3.05) is 6.61 Å². The molecule has 0 heterocycles. The van der Waals surface area contributed by atoms with Gasteiger partial charge in [-0.15, -0.1) is 0 Å². The molecular formula is C11H20N2O. The summed E-state index contributed by atoms with van der Waals surface area (Å²) in [4.78, 5) is 0. The summed E-state index contributed by atoms with van der Waals surface area (Å²) in [6, 6.07) is 3.16. The van der Waals surface area contributed by atoms with Gasteiger partial charge in [-0.05, 0) is 32.6 Å². The van der Waals surface area contributed by atoms with E-state index in [1.54, 1.807) is 0 Å². The summed E-state index contributed by atoms with van der Waals surface area (Å²) in [5.74, 6) is 0.201. The van der Waals surface area contributed by atoms with Gasteiger partial charge in [-0.3, -0.25) is 0 Å². The summed E-state index contributed by atoms with van der Waals surface area (Å²) in [7, 11) is 0. The Hall–Kier alpha value is -0.590. The molecule has 2 N–H and O–H groups in total. The molecule has 0 aromatic carbocycles. The fraction of sp³-hybridized carbons (Fsp3) is 0.909. The first kappa shape index (κ1) is 11.5. The molecule has 0 amide bonds. The lowest BCUT2D eigenvalue weighted by Crippen LogP contribution is -2.38. The van der Waals surface area contributed by atoms with Crippen LogP contribution in [0.4, 0.5) is 0 Å². The van der Waals surface area contributed by atoms with Gasteiger partial charge in [0, 0.05) is 18.7 Å². The van der Waals surface area contributed by atoms with Crippen molar-refractivity contribution in [3.05, 3.63) is 0 Å². The number of rotatable bonds is 5. The van der Waals surface area contributed by atoms with Crippen molar-refractivity contribution in [3.63, 3.8) is 0 Å². The van der Waals surface area contributed by atoms with E-state index in [1.807, 2.05) is 0 Å². The van der Waals surface area contributed by atoms with Crippen LogP contribution in [0, 0.1) is 17.2 Å². The first-order chi connectivity index (χ1) is 6.77. The Balaban J connectivity index is 2.25. The minimum atomic E-state index is 0.201. The zero-order valence-electron chi connectivity index (χ0n) is 8.87. The van der Waals surface area contributed by atoms with Gasteiger partial charge < -0.3 is 10.4 Å². The highest BCUT2D eigenvalue weighted by atomic mass is 16.2. The molecule has 3 unspecified atom stereocenters. The van der Waals surface area contributed by atoms with E-state index in [1.165, 1.54) is 6.42 Å². The highest BCUT2D eigenvalue weighted by Crippen LogP contribution is 2.25. The summed E-state index contributed by atoms with van der Waals surface area (Å²) < 4.78 is 0. The maximum atomic E-state index is 8.90. The van der Waals surface area contributed by atoms with Crippen LogP contribution in [-0.2, 0) is 0 Å². The minimum absolute atomic E-state index is 0.201. The van der Waals surface area contributed by atoms with Crippen LogP contribution in [0.1, 0.15) is 39.0 Å². The van der Waals surface area contributed by atoms with Gasteiger partial charge in [0.05, 0.1) is 12.0 Å². The molecular weight excluding hydrogens is 176 g/mol. The largest absolute Gasteiger partial charge is 0.396 e. The minimum Gasteiger partial charge on any atom is -0.396 e. The SMILES string of the molecule is CC(CCCO)NC1CCCC1C#N. The Kier molecular flexibility index (Phi) is 4.92. The van der Waals surface area contributed by atoms with Gasteiger partial charge in [0.25, 0.3) is 0 Å². The van der Waals surface area contributed by atoms with Gasteiger partial charge in [-0.25, -0.2) is 0 Å². The Morgan fingerprint density at radius 3 is 3.00 bits per heavy atom. The van der Waals surface area contributed by atoms with E-state index in [2.05, 4.69) is 18.3 Å². The highest BCUT2D eigenvalue weighted by molar-refractivity contribution is 4.97. The number of hydrogen-bond acceptors (Lipinski definition) is 3. The average molecular weight is 196 g/mol. The first-order valence-corrected chi connectivity index (χ1v) is 5.54. The third kappa shape index (κ3) is 3.28. The number of nitrogens with zero attached hydrogens (tertiary/aromatic N) is 1. The van der Waals surface area contributed by atoms with Gasteiger partial charge in [0.2, 0.25) is 0 Å². The van der Waals surface area contributed by atoms with E-state index in [-0.39, 0.29) is 12.5 Å². The lowest BCUT2D eigenvalue weighted by molar-refractivity contribution is 0.272. The van der Waals surface area contributed by atoms with Crippen LogP contribution in [0.5, 0.6) is 0 Å². The summed E-state index contributed by atoms with van der Waals surface area (Å²) in [5, 5.41) is 21.1. The van der Waals surface area contributed by atoms with E-state index < -0.39 is 0 Å². The van der Waals surface area contributed by atoms with Crippen molar-refractivity contribution in [3.8, 4) is 6.07 Å². The molecule has 0 aromatic heterocycles. The van der Waals surface area contributed by atoms with E-state index >= 15 is 0 Å². The molecule has 0 saturated heterocycles. The molecule has 3 atom stereocenters. The number of aliphatic hydroxyl groups is 1. The van der Waals surface area contributed by atoms with Crippen molar-refractivity contribution >= 4 is 0 Å². The number of hydrogen-bond donors (Lipinski definition) is 2. The van der Waals surface area contributed by atoms with Crippen LogP contribution in [0.15, 0.2) is 0 Å². The maximum Gasteiger partial charge on any atom is 0.0672 e. The first-order valence-electron chi connectivity index (χ1n) is 5.54. The summed E-state index contributed by atoms with van der Waals surface area (Å²) in [5.41, 5.74) is 0. The fourth-order valence-electron chi connectivity index (χ4n) is 2.16. The second-order valence-corrected chi connectivity index (χ2v) is 4.21. The zero-order valence-corrected chi connectivity index (χ0v) is 8.87. The molecule has 3 nitrogen and oxygen atoms in total. The summed E-state index contributed by atoms with van der Waals surface area (Å²) >= 11 is 0. The standard InChI is InChI=1S/C11H20N2O/c1-9(4-3-7-14)13-11-6-2-5-10(11)8-12/h9-11,13-14H,2-7H2,1H3. The normalized spacial score (nSPS) is 28.6. The smallest absolute Gasteiger partial charge is 0.0672 e. The predicted octanol–water partition coefficient (Wildman–Crippen LogP) is 1.43. The van der Waals surface area contributed by atoms with Gasteiger partial charge >= 0.3 is 0 Å². The molecule has 80 valence electrons. The number of nitrogens with one attached hydrogen (secondary N) is 1. The second-order valence-electron chi connectivity index (χ2n) is 4.21. The zero-order chi connectivity index (χ0) is 10.4. The quantitative estimate of drug-likeness (QED) is 0.699. The molecule has 1 fully saturated rings. The van der Waals surface area contributed by atoms with Crippen molar-refractivity contribution in [1.29, 1.82) is 5.26 Å². The van der Waals surface area contributed by atoms with Crippen molar-refractivity contribution in [1.82, 2.24) is 5.32 Å². The van der Waals surface area contributed by atoms with Gasteiger partial charge in [-0.1, -0.05) is 6.42 Å². The lowest BCUT2D eigenvalue weighted by Gasteiger charge is -2.21. The summed E-state index contributed by atoms with van der Waals surface area (Å²) in [6.07, 6.45) is 5.18. The molecule has 0 bridgehead atoms. The molecule has 1 rings (SSSR count). The lowest BCUT2D eigenvalue weighted by atomic mass is 10.0. The van der Waals surface area contributed by atoms with Crippen LogP contribution in [0.2, 0.25) is 0 Å². The molecule has 0 radical (unpaired) electrons. The fourth-order valence-corrected chi connectivity index (χ4v) is 2.16. The molecule has 1 aliphatic carbocycles. The van der Waals surface area contributed by atoms with E-state index in [4.69, 9.17) is 10.4 Å². The van der Waals surface area contributed by atoms with Gasteiger partial charge in [0.15, 0.2) is 0 Å². The van der Waals surface area contributed by atoms with Crippen LogP contribution < -0.4 is 5.32 Å². The average Bonchev–Trinajstić information content (AvgIpc) is 2.62. The van der Waals surface area contributed by atoms with Gasteiger partial charge in [-0.2, -0.15) is 5.26 Å². The third-order valence-electron chi connectivity index (χ3n) is 2.98. The van der Waals surface area contributed by atoms with Crippen LogP contribution >= 0.6 is 0 Å². The summed E-state index contributed by atoms with van der Waals surface area (Å²) in [6.45, 7) is 2.39. The molecule has 0 aromatic rings. The monoisotopic (exact) mass is 196 g/mol. The molecule has 3 heteroatoms. The molecule has 1 saturated carbocycles. The molecule has 14 heavy (non-hydrogen) atoms. The Bertz CT molecular complexity index is 200. The number of nitriles is 1. The number of aliphatic hydroxyl groups excluding tert-OH is 1.